The van der Waals surface area contributed by atoms with Gasteiger partial charge in [-0.25, -0.2) is 28.6 Å². The van der Waals surface area contributed by atoms with Crippen molar-refractivity contribution >= 4 is 69.1 Å². The lowest BCUT2D eigenvalue weighted by molar-refractivity contribution is -0.137. The van der Waals surface area contributed by atoms with Crippen LogP contribution in [0.4, 0.5) is 5.82 Å². The molecule has 388 valence electrons. The normalized spacial score (nSPS) is 20.1. The Bertz CT molecular complexity index is 2060. The number of carbonyl (C=O) groups excluding carboxylic acids is 3. The SMILES string of the molecule is CC(C)(COP(=O)(O)OP(=O)(O)OC[C@H]1O[C@@H](n2cnc3c(N)ncnc32)[C@H](O)[C@@H]1OP(=O)(O)O)[C@@H](O)C(=O)NCCC(=O)NCCSC(=O)C=CCCCCCCCCCCCCCCCO. The summed E-state index contributed by atoms with van der Waals surface area (Å²) in [5.74, 6) is -1.12. The molecule has 2 amide bonds. The highest BCUT2D eigenvalue weighted by molar-refractivity contribution is 8.14. The Morgan fingerprint density at radius 2 is 1.50 bits per heavy atom. The maximum Gasteiger partial charge on any atom is 0.481 e. The number of phosphoric ester groups is 3. The van der Waals surface area contributed by atoms with E-state index in [-0.39, 0.29) is 48.2 Å². The largest absolute Gasteiger partial charge is 0.481 e. The maximum atomic E-state index is 12.7. The first-order valence-corrected chi connectivity index (χ1v) is 27.9. The van der Waals surface area contributed by atoms with Crippen molar-refractivity contribution in [3.05, 3.63) is 24.8 Å². The number of carbonyl (C=O) groups is 3. The van der Waals surface area contributed by atoms with Crippen molar-refractivity contribution in [3.63, 3.8) is 0 Å². The van der Waals surface area contributed by atoms with E-state index in [0.29, 0.717) is 5.75 Å². The number of thioether (sulfide) groups is 1. The van der Waals surface area contributed by atoms with E-state index in [2.05, 4.69) is 34.4 Å². The summed E-state index contributed by atoms with van der Waals surface area (Å²) >= 11 is 1.06. The smallest absolute Gasteiger partial charge is 0.396 e. The molecule has 1 saturated heterocycles. The topological polar surface area (TPSA) is 384 Å². The first-order valence-electron chi connectivity index (χ1n) is 22.4. The van der Waals surface area contributed by atoms with E-state index in [1.807, 2.05) is 6.08 Å². The van der Waals surface area contributed by atoms with Crippen LogP contribution in [0.3, 0.4) is 0 Å². The monoisotopic (exact) mass is 1050 g/mol. The highest BCUT2D eigenvalue weighted by Gasteiger charge is 2.50. The van der Waals surface area contributed by atoms with Gasteiger partial charge in [-0.05, 0) is 25.3 Å². The molecule has 1 aliphatic rings. The predicted octanol–water partition coefficient (Wildman–Crippen LogP) is 3.67. The van der Waals surface area contributed by atoms with Crippen LogP contribution >= 0.6 is 35.2 Å². The van der Waals surface area contributed by atoms with Crippen molar-refractivity contribution in [2.24, 2.45) is 5.41 Å². The number of anilines is 1. The number of aliphatic hydroxyl groups is 3. The molecular weight excluding hydrogens is 979 g/mol. The van der Waals surface area contributed by atoms with Crippen molar-refractivity contribution < 1.29 is 85.6 Å². The number of nitrogen functional groups attached to an aromatic ring is 1. The van der Waals surface area contributed by atoms with Crippen LogP contribution < -0.4 is 16.4 Å². The van der Waals surface area contributed by atoms with Crippen LogP contribution in [0, 0.1) is 5.41 Å². The number of allylic oxidation sites excluding steroid dienone is 1. The molecule has 68 heavy (non-hydrogen) atoms. The van der Waals surface area contributed by atoms with Crippen molar-refractivity contribution in [1.29, 1.82) is 0 Å². The van der Waals surface area contributed by atoms with Crippen LogP contribution in [0.25, 0.3) is 11.2 Å². The van der Waals surface area contributed by atoms with Crippen LogP contribution in [-0.4, -0.2) is 134 Å². The highest BCUT2D eigenvalue weighted by Crippen LogP contribution is 2.61. The van der Waals surface area contributed by atoms with E-state index in [0.717, 1.165) is 61.1 Å². The lowest BCUT2D eigenvalue weighted by atomic mass is 9.87. The number of imidazole rings is 1. The molecule has 0 aliphatic carbocycles. The fourth-order valence-corrected chi connectivity index (χ4v) is 10.3. The number of phosphoric acid groups is 3. The maximum absolute atomic E-state index is 12.7. The molecule has 29 heteroatoms. The van der Waals surface area contributed by atoms with Gasteiger partial charge in [-0.1, -0.05) is 102 Å². The zero-order chi connectivity index (χ0) is 50.4. The van der Waals surface area contributed by atoms with Gasteiger partial charge in [0.05, 0.1) is 19.5 Å². The number of rotatable bonds is 35. The Balaban J connectivity index is 1.30. The molecular formula is C39H68N7O18P3S. The third-order valence-electron chi connectivity index (χ3n) is 10.5. The van der Waals surface area contributed by atoms with Gasteiger partial charge >= 0.3 is 23.5 Å². The molecule has 25 nitrogen and oxygen atoms in total. The Morgan fingerprint density at radius 3 is 2.12 bits per heavy atom. The van der Waals surface area contributed by atoms with Crippen LogP contribution in [0.2, 0.25) is 0 Å². The van der Waals surface area contributed by atoms with E-state index in [9.17, 15) is 57.9 Å². The molecule has 11 N–H and O–H groups in total. The van der Waals surface area contributed by atoms with Crippen LogP contribution in [0.5, 0.6) is 0 Å². The summed E-state index contributed by atoms with van der Waals surface area (Å²) < 4.78 is 62.4. The zero-order valence-corrected chi connectivity index (χ0v) is 41.8. The van der Waals surface area contributed by atoms with Gasteiger partial charge < -0.3 is 56.0 Å². The Kier molecular flexibility index (Phi) is 25.9. The summed E-state index contributed by atoms with van der Waals surface area (Å²) in [4.78, 5) is 88.3. The Hall–Kier alpha value is -2.74. The minimum absolute atomic E-state index is 0.0303. The number of hydrogen-bond donors (Lipinski definition) is 10. The Labute approximate surface area is 399 Å². The molecule has 3 rings (SSSR count). The number of ether oxygens (including phenoxy) is 1. The van der Waals surface area contributed by atoms with Gasteiger partial charge in [0.25, 0.3) is 0 Å². The quantitative estimate of drug-likeness (QED) is 0.0267. The summed E-state index contributed by atoms with van der Waals surface area (Å²) in [5, 5.41) is 35.2. The van der Waals surface area contributed by atoms with Crippen molar-refractivity contribution in [1.82, 2.24) is 30.2 Å². The van der Waals surface area contributed by atoms with Gasteiger partial charge in [0.2, 0.25) is 16.9 Å². The minimum Gasteiger partial charge on any atom is -0.396 e. The van der Waals surface area contributed by atoms with E-state index in [4.69, 9.17) is 24.6 Å². The van der Waals surface area contributed by atoms with E-state index >= 15 is 0 Å². The molecule has 0 saturated carbocycles. The lowest BCUT2D eigenvalue weighted by Crippen LogP contribution is -2.46. The second-order valence-electron chi connectivity index (χ2n) is 16.7. The van der Waals surface area contributed by atoms with Gasteiger partial charge in [0, 0.05) is 37.3 Å². The number of nitrogens with zero attached hydrogens (tertiary/aromatic N) is 4. The first-order chi connectivity index (χ1) is 32.1. The summed E-state index contributed by atoms with van der Waals surface area (Å²) in [6, 6.07) is 0. The Morgan fingerprint density at radius 1 is 0.897 bits per heavy atom. The van der Waals surface area contributed by atoms with Crippen molar-refractivity contribution in [3.8, 4) is 0 Å². The van der Waals surface area contributed by atoms with E-state index in [1.165, 1.54) is 77.7 Å². The summed E-state index contributed by atoms with van der Waals surface area (Å²) in [6.45, 7) is 0.784. The first kappa shape index (κ1) is 59.6. The number of nitrogens with two attached hydrogens (primary N) is 1. The van der Waals surface area contributed by atoms with Gasteiger partial charge in [0.1, 0.15) is 36.3 Å². The third-order valence-corrected chi connectivity index (χ3v) is 14.5. The van der Waals surface area contributed by atoms with Crippen LogP contribution in [-0.2, 0) is 50.7 Å². The molecule has 2 unspecified atom stereocenters. The minimum atomic E-state index is -5.58. The average Bonchev–Trinajstić information content (AvgIpc) is 3.83. The molecule has 0 bridgehead atoms. The molecule has 0 aromatic carbocycles. The van der Waals surface area contributed by atoms with Crippen molar-refractivity contribution in [2.45, 2.75) is 141 Å². The number of amides is 2. The number of aromatic nitrogens is 4. The molecule has 0 spiro atoms. The summed E-state index contributed by atoms with van der Waals surface area (Å²) in [7, 11) is -16.4. The molecule has 2 aromatic heterocycles. The van der Waals surface area contributed by atoms with Crippen LogP contribution in [0.1, 0.15) is 116 Å². The molecule has 2 aromatic rings. The molecule has 1 aliphatic heterocycles. The summed E-state index contributed by atoms with van der Waals surface area (Å²) in [6.07, 6.45) is 12.7. The van der Waals surface area contributed by atoms with Crippen LogP contribution in [0.15, 0.2) is 24.8 Å². The van der Waals surface area contributed by atoms with Gasteiger partial charge in [0.15, 0.2) is 17.7 Å². The van der Waals surface area contributed by atoms with Gasteiger partial charge in [-0.3, -0.25) is 32.5 Å². The third kappa shape index (κ3) is 22.1. The standard InChI is InChI=1S/C39H68N7O18P3S/c1-39(2,34(51)37(52)42-20-19-29(48)41-21-23-68-30(49)18-16-14-12-10-8-6-4-3-5-7-9-11-13-15-17-22-47)25-61-67(58,59)64-66(56,57)60-24-28-33(63-65(53,54)55)32(50)38(62-28)46-27-45-31-35(40)43-26-44-36(31)46/h16,18,26-28,32-34,38,47,50-51H,3-15,17,19-25H2,1-2H3,(H,41,48)(H,42,52)(H,56,57)(H,58,59)(H2,40,43,44)(H2,53,54,55)/t28-,32-,33-,34+,38-/m1/s1. The molecule has 0 radical (unpaired) electrons. The lowest BCUT2D eigenvalue weighted by Gasteiger charge is -2.30. The fraction of sp³-hybridized carbons (Fsp3) is 0.744. The van der Waals surface area contributed by atoms with Gasteiger partial charge in [-0.15, -0.1) is 0 Å². The predicted molar refractivity (Wildman–Crippen MR) is 248 cm³/mol. The second-order valence-corrected chi connectivity index (χ2v) is 22.1. The van der Waals surface area contributed by atoms with E-state index in [1.54, 1.807) is 0 Å². The summed E-state index contributed by atoms with van der Waals surface area (Å²) in [5.41, 5.74) is 4.27. The zero-order valence-electron chi connectivity index (χ0n) is 38.3. The number of nitrogens with one attached hydrogen (secondary N) is 2. The number of hydrogen-bond acceptors (Lipinski definition) is 19. The van der Waals surface area contributed by atoms with Gasteiger partial charge in [-0.2, -0.15) is 4.31 Å². The molecule has 3 heterocycles. The number of unbranched alkanes of at least 4 members (excludes halogenated alkanes) is 13. The molecule has 7 atom stereocenters. The number of aliphatic hydroxyl groups excluding tert-OH is 3. The average molecular weight is 1050 g/mol. The fourth-order valence-electron chi connectivity index (χ4n) is 6.83. The van der Waals surface area contributed by atoms with E-state index < -0.39 is 84.6 Å². The van der Waals surface area contributed by atoms with Crippen molar-refractivity contribution in [2.75, 3.05) is 44.4 Å². The second kappa shape index (κ2) is 29.6. The number of fused-ring (bicyclic) bond motifs is 1. The highest BCUT2D eigenvalue weighted by atomic mass is 32.2. The molecule has 1 fully saturated rings.